The van der Waals surface area contributed by atoms with Crippen LogP contribution in [-0.4, -0.2) is 11.6 Å². The number of aromatic nitrogens is 1. The maximum atomic E-state index is 5.68. The highest BCUT2D eigenvalue weighted by Crippen LogP contribution is 2.18. The zero-order valence-electron chi connectivity index (χ0n) is 8.31. The Kier molecular flexibility index (Phi) is 2.54. The number of pyridine rings is 1. The highest BCUT2D eigenvalue weighted by molar-refractivity contribution is 5.82. The lowest BCUT2D eigenvalue weighted by atomic mass is 10.2. The number of fused-ring (bicyclic) bond motifs is 1. The van der Waals surface area contributed by atoms with E-state index in [-0.39, 0.29) is 0 Å². The standard InChI is InChI=1S/C12H12N2O/c1-2-7-15-12-6-4-9-3-5-10(13)8-11(9)14-12/h2-6,8H,1,7,13H2. The molecule has 0 saturated carbocycles. The van der Waals surface area contributed by atoms with Crippen molar-refractivity contribution in [2.24, 2.45) is 0 Å². The maximum Gasteiger partial charge on any atom is 0.214 e. The Hall–Kier alpha value is -2.03. The molecule has 0 aliphatic heterocycles. The smallest absolute Gasteiger partial charge is 0.214 e. The lowest BCUT2D eigenvalue weighted by molar-refractivity contribution is 0.350. The van der Waals surface area contributed by atoms with E-state index in [2.05, 4.69) is 11.6 Å². The van der Waals surface area contributed by atoms with Gasteiger partial charge in [0.25, 0.3) is 0 Å². The molecule has 0 spiro atoms. The van der Waals surface area contributed by atoms with Gasteiger partial charge in [0.2, 0.25) is 5.88 Å². The number of nitrogens with two attached hydrogens (primary N) is 1. The number of rotatable bonds is 3. The van der Waals surface area contributed by atoms with Crippen LogP contribution in [0, 0.1) is 0 Å². The van der Waals surface area contributed by atoms with Gasteiger partial charge in [-0.25, -0.2) is 4.98 Å². The molecule has 0 atom stereocenters. The minimum absolute atomic E-state index is 0.459. The van der Waals surface area contributed by atoms with E-state index in [1.54, 1.807) is 6.08 Å². The lowest BCUT2D eigenvalue weighted by Gasteiger charge is -2.04. The molecule has 0 aliphatic rings. The summed E-state index contributed by atoms with van der Waals surface area (Å²) in [5.74, 6) is 0.591. The van der Waals surface area contributed by atoms with Crippen molar-refractivity contribution in [2.45, 2.75) is 0 Å². The molecule has 3 nitrogen and oxygen atoms in total. The summed E-state index contributed by atoms with van der Waals surface area (Å²) in [6.07, 6.45) is 1.69. The molecule has 2 rings (SSSR count). The number of ether oxygens (including phenoxy) is 1. The molecular formula is C12H12N2O. The summed E-state index contributed by atoms with van der Waals surface area (Å²) in [5, 5.41) is 1.05. The van der Waals surface area contributed by atoms with Crippen molar-refractivity contribution in [3.05, 3.63) is 43.0 Å². The summed E-state index contributed by atoms with van der Waals surface area (Å²) in [6, 6.07) is 9.42. The second kappa shape index (κ2) is 4.00. The monoisotopic (exact) mass is 200 g/mol. The van der Waals surface area contributed by atoms with E-state index in [1.165, 1.54) is 0 Å². The van der Waals surface area contributed by atoms with Crippen molar-refractivity contribution in [3.63, 3.8) is 0 Å². The van der Waals surface area contributed by atoms with E-state index in [1.807, 2.05) is 30.3 Å². The summed E-state index contributed by atoms with van der Waals surface area (Å²) < 4.78 is 5.33. The Balaban J connectivity index is 2.40. The van der Waals surface area contributed by atoms with E-state index in [0.29, 0.717) is 18.2 Å². The van der Waals surface area contributed by atoms with Gasteiger partial charge in [0, 0.05) is 17.1 Å². The van der Waals surface area contributed by atoms with Gasteiger partial charge in [0.05, 0.1) is 5.52 Å². The van der Waals surface area contributed by atoms with E-state index >= 15 is 0 Å². The van der Waals surface area contributed by atoms with E-state index in [4.69, 9.17) is 10.5 Å². The predicted octanol–water partition coefficient (Wildman–Crippen LogP) is 2.38. The zero-order chi connectivity index (χ0) is 10.7. The van der Waals surface area contributed by atoms with Gasteiger partial charge in [-0.15, -0.1) is 0 Å². The van der Waals surface area contributed by atoms with Crippen molar-refractivity contribution in [3.8, 4) is 5.88 Å². The SMILES string of the molecule is C=CCOc1ccc2ccc(N)cc2n1. The van der Waals surface area contributed by atoms with Crippen molar-refractivity contribution in [1.82, 2.24) is 4.98 Å². The van der Waals surface area contributed by atoms with Crippen molar-refractivity contribution in [2.75, 3.05) is 12.3 Å². The minimum atomic E-state index is 0.459. The molecule has 76 valence electrons. The van der Waals surface area contributed by atoms with Crippen molar-refractivity contribution in [1.29, 1.82) is 0 Å². The van der Waals surface area contributed by atoms with Gasteiger partial charge in [0.15, 0.2) is 0 Å². The Labute approximate surface area is 88.2 Å². The fraction of sp³-hybridized carbons (Fsp3) is 0.0833. The number of nitrogens with zero attached hydrogens (tertiary/aromatic N) is 1. The first-order chi connectivity index (χ1) is 7.29. The molecule has 0 aliphatic carbocycles. The van der Waals surface area contributed by atoms with E-state index in [9.17, 15) is 0 Å². The minimum Gasteiger partial charge on any atom is -0.473 e. The van der Waals surface area contributed by atoms with Gasteiger partial charge < -0.3 is 10.5 Å². The van der Waals surface area contributed by atoms with Crippen LogP contribution in [0.3, 0.4) is 0 Å². The molecule has 0 bridgehead atoms. The van der Waals surface area contributed by atoms with Crippen LogP contribution in [0.25, 0.3) is 10.9 Å². The topological polar surface area (TPSA) is 48.1 Å². The Morgan fingerprint density at radius 3 is 2.93 bits per heavy atom. The van der Waals surface area contributed by atoms with Crippen LogP contribution < -0.4 is 10.5 Å². The normalized spacial score (nSPS) is 10.1. The third kappa shape index (κ3) is 2.07. The molecular weight excluding hydrogens is 188 g/mol. The molecule has 1 heterocycles. The summed E-state index contributed by atoms with van der Waals surface area (Å²) in [5.41, 5.74) is 7.23. The van der Waals surface area contributed by atoms with Crippen LogP contribution in [0.1, 0.15) is 0 Å². The fourth-order valence-electron chi connectivity index (χ4n) is 1.34. The first kappa shape index (κ1) is 9.52. The van der Waals surface area contributed by atoms with Gasteiger partial charge in [0.1, 0.15) is 6.61 Å². The third-order valence-corrected chi connectivity index (χ3v) is 2.04. The molecule has 2 N–H and O–H groups in total. The highest BCUT2D eigenvalue weighted by Gasteiger charge is 1.98. The van der Waals surface area contributed by atoms with E-state index in [0.717, 1.165) is 10.9 Å². The zero-order valence-corrected chi connectivity index (χ0v) is 8.31. The first-order valence-electron chi connectivity index (χ1n) is 4.69. The Morgan fingerprint density at radius 2 is 2.13 bits per heavy atom. The molecule has 0 radical (unpaired) electrons. The fourth-order valence-corrected chi connectivity index (χ4v) is 1.34. The Bertz CT molecular complexity index is 494. The van der Waals surface area contributed by atoms with Gasteiger partial charge in [-0.1, -0.05) is 18.7 Å². The number of anilines is 1. The molecule has 0 fully saturated rings. The summed E-state index contributed by atoms with van der Waals surface area (Å²) in [4.78, 5) is 4.32. The summed E-state index contributed by atoms with van der Waals surface area (Å²) in [7, 11) is 0. The molecule has 0 saturated heterocycles. The maximum absolute atomic E-state index is 5.68. The predicted molar refractivity (Wildman–Crippen MR) is 61.8 cm³/mol. The second-order valence-electron chi connectivity index (χ2n) is 3.20. The average molecular weight is 200 g/mol. The largest absolute Gasteiger partial charge is 0.473 e. The average Bonchev–Trinajstić information content (AvgIpc) is 2.25. The Morgan fingerprint density at radius 1 is 1.33 bits per heavy atom. The number of benzene rings is 1. The van der Waals surface area contributed by atoms with Crippen LogP contribution >= 0.6 is 0 Å². The van der Waals surface area contributed by atoms with E-state index < -0.39 is 0 Å². The number of hydrogen-bond acceptors (Lipinski definition) is 3. The first-order valence-corrected chi connectivity index (χ1v) is 4.69. The molecule has 1 aromatic carbocycles. The van der Waals surface area contributed by atoms with Crippen LogP contribution in [-0.2, 0) is 0 Å². The van der Waals surface area contributed by atoms with Crippen LogP contribution in [0.5, 0.6) is 5.88 Å². The summed E-state index contributed by atoms with van der Waals surface area (Å²) >= 11 is 0. The van der Waals surface area contributed by atoms with Crippen molar-refractivity contribution < 1.29 is 4.74 Å². The molecule has 0 amide bonds. The second-order valence-corrected chi connectivity index (χ2v) is 3.20. The number of hydrogen-bond donors (Lipinski definition) is 1. The number of nitrogen functional groups attached to an aromatic ring is 1. The summed E-state index contributed by atoms with van der Waals surface area (Å²) in [6.45, 7) is 4.04. The van der Waals surface area contributed by atoms with Gasteiger partial charge >= 0.3 is 0 Å². The highest BCUT2D eigenvalue weighted by atomic mass is 16.5. The van der Waals surface area contributed by atoms with Gasteiger partial charge in [-0.3, -0.25) is 0 Å². The molecule has 0 unspecified atom stereocenters. The molecule has 2 aromatic rings. The van der Waals surface area contributed by atoms with Crippen molar-refractivity contribution >= 4 is 16.6 Å². The van der Waals surface area contributed by atoms with Crippen LogP contribution in [0.4, 0.5) is 5.69 Å². The molecule has 3 heteroatoms. The van der Waals surface area contributed by atoms with Crippen LogP contribution in [0.2, 0.25) is 0 Å². The quantitative estimate of drug-likeness (QED) is 0.611. The lowest BCUT2D eigenvalue weighted by Crippen LogP contribution is -1.95. The molecule has 15 heavy (non-hydrogen) atoms. The van der Waals surface area contributed by atoms with Gasteiger partial charge in [-0.05, 0) is 18.2 Å². The van der Waals surface area contributed by atoms with Gasteiger partial charge in [-0.2, -0.15) is 0 Å². The molecule has 1 aromatic heterocycles. The third-order valence-electron chi connectivity index (χ3n) is 2.04. The van der Waals surface area contributed by atoms with Crippen LogP contribution in [0.15, 0.2) is 43.0 Å².